The van der Waals surface area contributed by atoms with Crippen LogP contribution in [0.4, 0.5) is 4.39 Å². The van der Waals surface area contributed by atoms with Gasteiger partial charge in [-0.25, -0.2) is 14.1 Å². The van der Waals surface area contributed by atoms with Crippen molar-refractivity contribution in [2.45, 2.75) is 30.3 Å². The third-order valence-corrected chi connectivity index (χ3v) is 5.66. The number of nitrogens with zero attached hydrogens (tertiary/aromatic N) is 3. The first kappa shape index (κ1) is 17.5. The van der Waals surface area contributed by atoms with E-state index in [0.29, 0.717) is 11.6 Å². The molecule has 2 heterocycles. The number of thioether (sulfide) groups is 1. The van der Waals surface area contributed by atoms with Gasteiger partial charge in [-0.2, -0.15) is 5.10 Å². The second kappa shape index (κ2) is 7.02. The minimum atomic E-state index is -0.643. The Balaban J connectivity index is 1.73. The topological polar surface area (TPSA) is 43.2 Å². The smallest absolute Gasteiger partial charge is 0.186 e. The fourth-order valence-electron chi connectivity index (χ4n) is 3.17. The standard InChI is InChI=1S/C19H17ClFN3OS/c1-2-26-18-22-12-23-24(18)11-19(13-7-9-14(21)10-8-13)17(25-19)15-5-3-4-6-16(15)20/h3-10,12,17H,2,11H2,1H3/t17-,19+/m1/s1. The van der Waals surface area contributed by atoms with Gasteiger partial charge < -0.3 is 4.74 Å². The molecule has 4 nitrogen and oxygen atoms in total. The summed E-state index contributed by atoms with van der Waals surface area (Å²) in [6.45, 7) is 2.55. The summed E-state index contributed by atoms with van der Waals surface area (Å²) in [6, 6.07) is 14.1. The van der Waals surface area contributed by atoms with E-state index in [0.717, 1.165) is 22.0 Å². The van der Waals surface area contributed by atoms with E-state index < -0.39 is 5.60 Å². The van der Waals surface area contributed by atoms with Crippen molar-refractivity contribution in [1.29, 1.82) is 0 Å². The minimum absolute atomic E-state index is 0.217. The molecule has 0 spiro atoms. The summed E-state index contributed by atoms with van der Waals surface area (Å²) in [6.07, 6.45) is 1.33. The highest BCUT2D eigenvalue weighted by Crippen LogP contribution is 2.59. The van der Waals surface area contributed by atoms with Crippen LogP contribution in [0.15, 0.2) is 60.0 Å². The molecule has 26 heavy (non-hydrogen) atoms. The molecular weight excluding hydrogens is 373 g/mol. The molecule has 0 bridgehead atoms. The van der Waals surface area contributed by atoms with Crippen LogP contribution in [0.1, 0.15) is 24.2 Å². The first-order chi connectivity index (χ1) is 12.6. The van der Waals surface area contributed by atoms with E-state index in [1.807, 2.05) is 28.9 Å². The van der Waals surface area contributed by atoms with Gasteiger partial charge in [0.25, 0.3) is 0 Å². The molecule has 1 saturated heterocycles. The molecule has 134 valence electrons. The van der Waals surface area contributed by atoms with E-state index in [1.54, 1.807) is 30.2 Å². The van der Waals surface area contributed by atoms with Crippen LogP contribution in [0.3, 0.4) is 0 Å². The van der Waals surface area contributed by atoms with Crippen LogP contribution in [0.2, 0.25) is 5.02 Å². The fourth-order valence-corrected chi connectivity index (χ4v) is 4.04. The number of hydrogen-bond acceptors (Lipinski definition) is 4. The second-order valence-electron chi connectivity index (χ2n) is 6.05. The number of epoxide rings is 1. The molecule has 1 aliphatic rings. The highest BCUT2D eigenvalue weighted by atomic mass is 35.5. The lowest BCUT2D eigenvalue weighted by Gasteiger charge is -2.15. The Kier molecular flexibility index (Phi) is 4.73. The predicted molar refractivity (Wildman–Crippen MR) is 99.8 cm³/mol. The van der Waals surface area contributed by atoms with Crippen molar-refractivity contribution in [2.75, 3.05) is 5.75 Å². The van der Waals surface area contributed by atoms with Gasteiger partial charge >= 0.3 is 0 Å². The summed E-state index contributed by atoms with van der Waals surface area (Å²) in [7, 11) is 0. The quantitative estimate of drug-likeness (QED) is 0.446. The highest BCUT2D eigenvalue weighted by Gasteiger charge is 2.59. The van der Waals surface area contributed by atoms with E-state index in [9.17, 15) is 4.39 Å². The molecule has 3 aromatic rings. The number of ether oxygens (including phenoxy) is 1. The zero-order valence-corrected chi connectivity index (χ0v) is 15.7. The van der Waals surface area contributed by atoms with Crippen molar-refractivity contribution in [3.05, 3.63) is 76.8 Å². The Morgan fingerprint density at radius 2 is 2.00 bits per heavy atom. The summed E-state index contributed by atoms with van der Waals surface area (Å²) in [4.78, 5) is 4.31. The van der Waals surface area contributed by atoms with Gasteiger partial charge in [-0.15, -0.1) is 0 Å². The Morgan fingerprint density at radius 1 is 1.23 bits per heavy atom. The monoisotopic (exact) mass is 389 g/mol. The zero-order chi connectivity index (χ0) is 18.1. The second-order valence-corrected chi connectivity index (χ2v) is 7.69. The molecule has 0 unspecified atom stereocenters. The summed E-state index contributed by atoms with van der Waals surface area (Å²) in [5, 5.41) is 5.84. The molecule has 2 atom stereocenters. The van der Waals surface area contributed by atoms with Crippen LogP contribution in [0.25, 0.3) is 0 Å². The summed E-state index contributed by atoms with van der Waals surface area (Å²) >= 11 is 8.01. The Hall–Kier alpha value is -1.89. The van der Waals surface area contributed by atoms with Gasteiger partial charge in [0, 0.05) is 10.6 Å². The Bertz CT molecular complexity index is 917. The van der Waals surface area contributed by atoms with E-state index in [4.69, 9.17) is 16.3 Å². The maximum absolute atomic E-state index is 13.4. The molecule has 2 aromatic carbocycles. The van der Waals surface area contributed by atoms with Crippen LogP contribution >= 0.6 is 23.4 Å². The number of halogens is 2. The van der Waals surface area contributed by atoms with Crippen LogP contribution in [-0.4, -0.2) is 20.5 Å². The van der Waals surface area contributed by atoms with Crippen LogP contribution in [0, 0.1) is 5.82 Å². The van der Waals surface area contributed by atoms with Crippen molar-refractivity contribution >= 4 is 23.4 Å². The van der Waals surface area contributed by atoms with Crippen molar-refractivity contribution in [2.24, 2.45) is 0 Å². The molecule has 0 radical (unpaired) electrons. The van der Waals surface area contributed by atoms with Gasteiger partial charge in [0.05, 0.1) is 6.54 Å². The predicted octanol–water partition coefficient (Wildman–Crippen LogP) is 4.85. The third kappa shape index (κ3) is 3.13. The molecule has 1 fully saturated rings. The van der Waals surface area contributed by atoms with Gasteiger partial charge in [0.1, 0.15) is 23.8 Å². The summed E-state index contributed by atoms with van der Waals surface area (Å²) in [5.74, 6) is 0.624. The van der Waals surface area contributed by atoms with Crippen molar-refractivity contribution in [3.63, 3.8) is 0 Å². The number of rotatable bonds is 6. The molecule has 0 aliphatic carbocycles. The van der Waals surface area contributed by atoms with Gasteiger partial charge in [-0.3, -0.25) is 0 Å². The first-order valence-corrected chi connectivity index (χ1v) is 9.69. The minimum Gasteiger partial charge on any atom is -0.354 e. The highest BCUT2D eigenvalue weighted by molar-refractivity contribution is 7.99. The van der Waals surface area contributed by atoms with Crippen molar-refractivity contribution < 1.29 is 9.13 Å². The Morgan fingerprint density at radius 3 is 2.73 bits per heavy atom. The van der Waals surface area contributed by atoms with Gasteiger partial charge in [-0.05, 0) is 29.5 Å². The van der Waals surface area contributed by atoms with Gasteiger partial charge in [0.15, 0.2) is 5.16 Å². The molecule has 4 rings (SSSR count). The van der Waals surface area contributed by atoms with Crippen LogP contribution < -0.4 is 0 Å². The lowest BCUT2D eigenvalue weighted by atomic mass is 9.91. The van der Waals surface area contributed by atoms with E-state index >= 15 is 0 Å². The average molecular weight is 390 g/mol. The lowest BCUT2D eigenvalue weighted by Crippen LogP contribution is -2.20. The number of hydrogen-bond donors (Lipinski definition) is 0. The van der Waals surface area contributed by atoms with Crippen molar-refractivity contribution in [1.82, 2.24) is 14.8 Å². The largest absolute Gasteiger partial charge is 0.354 e. The lowest BCUT2D eigenvalue weighted by molar-refractivity contribution is 0.256. The fraction of sp³-hybridized carbons (Fsp3) is 0.263. The van der Waals surface area contributed by atoms with E-state index in [-0.39, 0.29) is 11.9 Å². The molecule has 1 aliphatic heterocycles. The van der Waals surface area contributed by atoms with E-state index in [2.05, 4.69) is 17.0 Å². The first-order valence-electron chi connectivity index (χ1n) is 8.33. The molecule has 0 saturated carbocycles. The molecule has 7 heteroatoms. The van der Waals surface area contributed by atoms with Gasteiger partial charge in [-0.1, -0.05) is 60.6 Å². The maximum atomic E-state index is 13.4. The number of benzene rings is 2. The summed E-state index contributed by atoms with van der Waals surface area (Å²) < 4.78 is 21.5. The van der Waals surface area contributed by atoms with E-state index in [1.165, 1.54) is 12.1 Å². The van der Waals surface area contributed by atoms with Crippen molar-refractivity contribution in [3.8, 4) is 0 Å². The summed E-state index contributed by atoms with van der Waals surface area (Å²) in [5.41, 5.74) is 1.17. The molecule has 1 aromatic heterocycles. The SMILES string of the molecule is CCSc1ncnn1C[C@@]1(c2ccc(F)cc2)O[C@@H]1c1ccccc1Cl. The number of aromatic nitrogens is 3. The molecule has 0 N–H and O–H groups in total. The third-order valence-electron chi connectivity index (χ3n) is 4.45. The van der Waals surface area contributed by atoms with Crippen LogP contribution in [0.5, 0.6) is 0 Å². The average Bonchev–Trinajstić information content (AvgIpc) is 3.19. The zero-order valence-electron chi connectivity index (χ0n) is 14.1. The normalized spacial score (nSPS) is 21.7. The molecular formula is C19H17ClFN3OS. The van der Waals surface area contributed by atoms with Gasteiger partial charge in [0.2, 0.25) is 0 Å². The van der Waals surface area contributed by atoms with Crippen LogP contribution in [-0.2, 0) is 16.9 Å². The molecule has 0 amide bonds. The maximum Gasteiger partial charge on any atom is 0.186 e. The Labute approximate surface area is 160 Å².